The number of aliphatic hydroxyl groups excluding tert-OH is 7. The molecule has 0 bridgehead atoms. The van der Waals surface area contributed by atoms with Gasteiger partial charge in [0.05, 0.1) is 25.4 Å². The largest absolute Gasteiger partial charge is 0.394 e. The van der Waals surface area contributed by atoms with Crippen molar-refractivity contribution >= 4 is 5.91 Å². The van der Waals surface area contributed by atoms with Crippen molar-refractivity contribution in [1.82, 2.24) is 5.32 Å². The number of allylic oxidation sites excluding steroid dienone is 4. The van der Waals surface area contributed by atoms with Crippen LogP contribution in [0.3, 0.4) is 0 Å². The summed E-state index contributed by atoms with van der Waals surface area (Å²) in [5.41, 5.74) is 0. The van der Waals surface area contributed by atoms with Crippen LogP contribution in [-0.4, -0.2) is 110 Å². The first-order valence-electron chi connectivity index (χ1n) is 37.2. The predicted octanol–water partition coefficient (Wildman–Crippen LogP) is 18.4. The van der Waals surface area contributed by atoms with Crippen molar-refractivity contribution in [3.8, 4) is 0 Å². The Morgan fingerprint density at radius 3 is 1.05 bits per heavy atom. The lowest BCUT2D eigenvalue weighted by Crippen LogP contribution is -2.60. The summed E-state index contributed by atoms with van der Waals surface area (Å²) >= 11 is 0. The fraction of sp³-hybridized carbons (Fsp3) is 0.932. The van der Waals surface area contributed by atoms with Gasteiger partial charge in [0.15, 0.2) is 6.29 Å². The average molecular weight is 1210 g/mol. The Labute approximate surface area is 524 Å². The molecule has 0 aromatic rings. The lowest BCUT2D eigenvalue weighted by molar-refractivity contribution is -0.303. The highest BCUT2D eigenvalue weighted by molar-refractivity contribution is 5.80. The van der Waals surface area contributed by atoms with E-state index in [1.807, 2.05) is 0 Å². The molecule has 11 heteroatoms. The summed E-state index contributed by atoms with van der Waals surface area (Å²) in [5.74, 6) is -0.702. The highest BCUT2D eigenvalue weighted by Gasteiger charge is 2.44. The fourth-order valence-corrected chi connectivity index (χ4v) is 12.3. The van der Waals surface area contributed by atoms with Gasteiger partial charge in [0.1, 0.15) is 36.6 Å². The van der Waals surface area contributed by atoms with Gasteiger partial charge in [-0.1, -0.05) is 346 Å². The zero-order valence-electron chi connectivity index (χ0n) is 55.9. The molecule has 8 N–H and O–H groups in total. The molecule has 9 atom stereocenters. The number of hydrogen-bond acceptors (Lipinski definition) is 10. The molecule has 1 amide bonds. The average Bonchev–Trinajstić information content (AvgIpc) is 3.67. The molecule has 9 unspecified atom stereocenters. The number of nitrogens with one attached hydrogen (secondary N) is 1. The maximum atomic E-state index is 13.3. The SMILES string of the molecule is CCCCCCCCCCCCCCCCCCCCCCCC/C=C/CC/C=C/CCCC(O)C(O)C(COC1OC(CO)C(O)C(O)C1O)NC(=O)C(O)CCCCCCCCCCCCCCCCCCCCCCCCCCCCC. The Bertz CT molecular complexity index is 1430. The van der Waals surface area contributed by atoms with Gasteiger partial charge in [0, 0.05) is 0 Å². The topological polar surface area (TPSA) is 189 Å². The van der Waals surface area contributed by atoms with Crippen LogP contribution in [0.5, 0.6) is 0 Å². The number of amides is 1. The molecule has 0 spiro atoms. The van der Waals surface area contributed by atoms with Crippen molar-refractivity contribution in [2.24, 2.45) is 0 Å². The van der Waals surface area contributed by atoms with Crippen molar-refractivity contribution in [3.05, 3.63) is 24.3 Å². The van der Waals surface area contributed by atoms with Crippen LogP contribution in [0.2, 0.25) is 0 Å². The van der Waals surface area contributed by atoms with Crippen LogP contribution in [0.15, 0.2) is 24.3 Å². The van der Waals surface area contributed by atoms with E-state index in [4.69, 9.17) is 9.47 Å². The van der Waals surface area contributed by atoms with Gasteiger partial charge >= 0.3 is 0 Å². The second-order valence-electron chi connectivity index (χ2n) is 26.4. The molecule has 504 valence electrons. The molecule has 0 aromatic carbocycles. The van der Waals surface area contributed by atoms with Crippen molar-refractivity contribution in [3.63, 3.8) is 0 Å². The van der Waals surface area contributed by atoms with Gasteiger partial charge in [-0.2, -0.15) is 0 Å². The first-order chi connectivity index (χ1) is 41.7. The molecule has 85 heavy (non-hydrogen) atoms. The Balaban J connectivity index is 2.19. The van der Waals surface area contributed by atoms with Gasteiger partial charge in [-0.15, -0.1) is 0 Å². The Morgan fingerprint density at radius 2 is 0.706 bits per heavy atom. The third-order valence-electron chi connectivity index (χ3n) is 18.2. The number of carbonyl (C=O) groups is 1. The summed E-state index contributed by atoms with van der Waals surface area (Å²) < 4.78 is 11.2. The molecule has 1 heterocycles. The highest BCUT2D eigenvalue weighted by Crippen LogP contribution is 2.24. The second-order valence-corrected chi connectivity index (χ2v) is 26.4. The highest BCUT2D eigenvalue weighted by atomic mass is 16.7. The van der Waals surface area contributed by atoms with Gasteiger partial charge < -0.3 is 50.5 Å². The van der Waals surface area contributed by atoms with Crippen LogP contribution in [-0.2, 0) is 14.3 Å². The first-order valence-corrected chi connectivity index (χ1v) is 37.2. The van der Waals surface area contributed by atoms with Crippen LogP contribution < -0.4 is 5.32 Å². The third kappa shape index (κ3) is 50.0. The minimum atomic E-state index is -1.67. The standard InChI is InChI=1S/C74H143NO10/c1-3-5-7-9-11-13-15-17-19-21-23-25-27-29-31-32-33-34-36-37-39-41-43-45-47-49-51-53-55-57-59-61-66(77)69(79)65(64-84-74-72(82)71(81)70(80)68(63-76)85-74)75-73(83)67(78)62-60-58-56-54-52-50-48-46-44-42-40-38-35-30-28-26-24-22-20-18-16-14-12-10-8-6-4-2/h45,47,53,55,65-72,74,76-82H,3-44,46,48-52,54,56-64H2,1-2H3,(H,75,83)/b47-45+,55-53+. The summed E-state index contributed by atoms with van der Waals surface area (Å²) in [4.78, 5) is 13.3. The lowest BCUT2D eigenvalue weighted by atomic mass is 9.98. The molecule has 1 rings (SSSR count). The maximum absolute atomic E-state index is 13.3. The van der Waals surface area contributed by atoms with Crippen molar-refractivity contribution in [2.75, 3.05) is 13.2 Å². The third-order valence-corrected chi connectivity index (χ3v) is 18.2. The van der Waals surface area contributed by atoms with Gasteiger partial charge in [-0.25, -0.2) is 0 Å². The second kappa shape index (κ2) is 62.8. The number of unbranched alkanes of at least 4 members (excludes halogenated alkanes) is 50. The fourth-order valence-electron chi connectivity index (χ4n) is 12.3. The molecule has 0 aliphatic carbocycles. The zero-order valence-corrected chi connectivity index (χ0v) is 55.9. The van der Waals surface area contributed by atoms with Gasteiger partial charge in [-0.3, -0.25) is 4.79 Å². The molecule has 1 aliphatic rings. The van der Waals surface area contributed by atoms with Crippen molar-refractivity contribution < 1.29 is 50.0 Å². The van der Waals surface area contributed by atoms with E-state index < -0.39 is 74.2 Å². The lowest BCUT2D eigenvalue weighted by Gasteiger charge is -2.40. The smallest absolute Gasteiger partial charge is 0.249 e. The number of ether oxygens (including phenoxy) is 2. The van der Waals surface area contributed by atoms with Crippen molar-refractivity contribution in [2.45, 2.75) is 428 Å². The first kappa shape index (κ1) is 81.6. The van der Waals surface area contributed by atoms with Crippen LogP contribution >= 0.6 is 0 Å². The molecule has 0 aromatic heterocycles. The van der Waals surface area contributed by atoms with E-state index in [9.17, 15) is 40.5 Å². The Kier molecular flexibility index (Phi) is 60.3. The molecule has 1 saturated heterocycles. The molecular formula is C74H143NO10. The normalized spacial score (nSPS) is 18.9. The predicted molar refractivity (Wildman–Crippen MR) is 358 cm³/mol. The van der Waals surface area contributed by atoms with Crippen LogP contribution in [0.1, 0.15) is 373 Å². The van der Waals surface area contributed by atoms with Gasteiger partial charge in [-0.05, 0) is 51.4 Å². The summed E-state index contributed by atoms with van der Waals surface area (Å²) in [5, 5.41) is 76.6. The number of hydrogen-bond donors (Lipinski definition) is 8. The monoisotopic (exact) mass is 1210 g/mol. The number of carbonyl (C=O) groups excluding carboxylic acids is 1. The van der Waals surface area contributed by atoms with E-state index in [2.05, 4.69) is 43.5 Å². The summed E-state index contributed by atoms with van der Waals surface area (Å²) in [6.07, 6.45) is 68.5. The number of aliphatic hydroxyl groups is 7. The Hall–Kier alpha value is -1.41. The van der Waals surface area contributed by atoms with Gasteiger partial charge in [0.25, 0.3) is 0 Å². The molecule has 0 saturated carbocycles. The van der Waals surface area contributed by atoms with E-state index in [0.717, 1.165) is 38.5 Å². The quantitative estimate of drug-likeness (QED) is 0.0215. The molecule has 1 aliphatic heterocycles. The molecule has 11 nitrogen and oxygen atoms in total. The van der Waals surface area contributed by atoms with Gasteiger partial charge in [0.2, 0.25) is 5.91 Å². The van der Waals surface area contributed by atoms with E-state index in [-0.39, 0.29) is 12.8 Å². The van der Waals surface area contributed by atoms with E-state index >= 15 is 0 Å². The van der Waals surface area contributed by atoms with Crippen molar-refractivity contribution in [1.29, 1.82) is 0 Å². The minimum absolute atomic E-state index is 0.250. The molecule has 0 radical (unpaired) electrons. The van der Waals surface area contributed by atoms with E-state index in [1.54, 1.807) is 0 Å². The summed E-state index contributed by atoms with van der Waals surface area (Å²) in [7, 11) is 0. The zero-order chi connectivity index (χ0) is 61.7. The van der Waals surface area contributed by atoms with Crippen LogP contribution in [0.4, 0.5) is 0 Å². The molecule has 1 fully saturated rings. The molecular weight excluding hydrogens is 1060 g/mol. The number of rotatable bonds is 66. The minimum Gasteiger partial charge on any atom is -0.394 e. The maximum Gasteiger partial charge on any atom is 0.249 e. The van der Waals surface area contributed by atoms with Crippen LogP contribution in [0.25, 0.3) is 0 Å². The Morgan fingerprint density at radius 1 is 0.400 bits per heavy atom. The summed E-state index contributed by atoms with van der Waals surface area (Å²) in [6, 6.07) is -1.19. The van der Waals surface area contributed by atoms with E-state index in [0.29, 0.717) is 19.3 Å². The van der Waals surface area contributed by atoms with E-state index in [1.165, 1.54) is 289 Å². The van der Waals surface area contributed by atoms with Crippen LogP contribution in [0, 0.1) is 0 Å². The summed E-state index contributed by atoms with van der Waals surface area (Å²) in [6.45, 7) is 3.51.